The molecule has 5 nitrogen and oxygen atoms in total. The van der Waals surface area contributed by atoms with Crippen molar-refractivity contribution in [2.75, 3.05) is 5.32 Å². The molecular weight excluding hydrogens is 341 g/mol. The number of rotatable bonds is 4. The molecule has 0 aromatic heterocycles. The third-order valence-corrected chi connectivity index (χ3v) is 3.58. The number of hydrogen-bond acceptors (Lipinski definition) is 4. The lowest BCUT2D eigenvalue weighted by Crippen LogP contribution is -2.03. The fraction of sp³-hybridized carbons (Fsp3) is 0.0714. The van der Waals surface area contributed by atoms with E-state index in [-0.39, 0.29) is 28.0 Å². The first-order valence-electron chi connectivity index (χ1n) is 5.88. The summed E-state index contributed by atoms with van der Waals surface area (Å²) in [6.45, 7) is 0.233. The molecule has 0 atom stereocenters. The monoisotopic (exact) mass is 349 g/mol. The maximum Gasteiger partial charge on any atom is 0.269 e. The maximum atomic E-state index is 14.0. The summed E-state index contributed by atoms with van der Waals surface area (Å²) in [4.78, 5) is 10.2. The van der Waals surface area contributed by atoms with Gasteiger partial charge in [-0.1, -0.05) is 12.1 Å². The minimum absolute atomic E-state index is 0.0178. The number of benzene rings is 2. The van der Waals surface area contributed by atoms with E-state index in [2.05, 4.69) is 21.2 Å². The zero-order chi connectivity index (χ0) is 15.4. The summed E-state index contributed by atoms with van der Waals surface area (Å²) in [5.74, 6) is -0.570. The van der Waals surface area contributed by atoms with Gasteiger partial charge < -0.3 is 5.32 Å². The highest BCUT2D eigenvalue weighted by Gasteiger charge is 2.11. The first-order chi connectivity index (χ1) is 10.0. The van der Waals surface area contributed by atoms with Crippen LogP contribution in [0.15, 0.2) is 40.9 Å². The molecule has 106 valence electrons. The van der Waals surface area contributed by atoms with E-state index < -0.39 is 10.7 Å². The SMILES string of the molecule is N#Cc1ccc(NCc2cccc([N+](=O)[O-])c2)c(F)c1Br. The Kier molecular flexibility index (Phi) is 4.50. The predicted octanol–water partition coefficient (Wildman–Crippen LogP) is 3.98. The van der Waals surface area contributed by atoms with Crippen molar-refractivity contribution in [3.63, 3.8) is 0 Å². The zero-order valence-corrected chi connectivity index (χ0v) is 12.2. The van der Waals surface area contributed by atoms with Crippen LogP contribution >= 0.6 is 15.9 Å². The number of non-ortho nitro benzene ring substituents is 1. The molecule has 1 N–H and O–H groups in total. The molecule has 21 heavy (non-hydrogen) atoms. The van der Waals surface area contributed by atoms with Crippen LogP contribution < -0.4 is 5.32 Å². The lowest BCUT2D eigenvalue weighted by molar-refractivity contribution is -0.384. The van der Waals surface area contributed by atoms with Gasteiger partial charge in [-0.05, 0) is 33.6 Å². The predicted molar refractivity (Wildman–Crippen MR) is 79.2 cm³/mol. The third kappa shape index (κ3) is 3.35. The van der Waals surface area contributed by atoms with E-state index in [0.29, 0.717) is 5.56 Å². The van der Waals surface area contributed by atoms with Crippen LogP contribution in [0.2, 0.25) is 0 Å². The quantitative estimate of drug-likeness (QED) is 0.668. The van der Waals surface area contributed by atoms with Crippen molar-refractivity contribution in [3.05, 3.63) is 67.9 Å². The van der Waals surface area contributed by atoms with E-state index in [9.17, 15) is 14.5 Å². The number of halogens is 2. The van der Waals surface area contributed by atoms with Gasteiger partial charge in [0.1, 0.15) is 6.07 Å². The van der Waals surface area contributed by atoms with Gasteiger partial charge in [-0.2, -0.15) is 5.26 Å². The Hall–Kier alpha value is -2.46. The second-order valence-corrected chi connectivity index (χ2v) is 4.97. The van der Waals surface area contributed by atoms with Crippen molar-refractivity contribution >= 4 is 27.3 Å². The molecule has 0 bridgehead atoms. The normalized spacial score (nSPS) is 9.95. The third-order valence-electron chi connectivity index (χ3n) is 2.81. The molecule has 0 saturated heterocycles. The lowest BCUT2D eigenvalue weighted by Gasteiger charge is -2.09. The highest BCUT2D eigenvalue weighted by molar-refractivity contribution is 9.10. The average molecular weight is 350 g/mol. The van der Waals surface area contributed by atoms with Crippen LogP contribution in [0.5, 0.6) is 0 Å². The molecule has 2 rings (SSSR count). The van der Waals surface area contributed by atoms with Gasteiger partial charge >= 0.3 is 0 Å². The molecule has 0 saturated carbocycles. The van der Waals surface area contributed by atoms with Crippen molar-refractivity contribution in [2.24, 2.45) is 0 Å². The molecule has 0 heterocycles. The minimum atomic E-state index is -0.570. The highest BCUT2D eigenvalue weighted by atomic mass is 79.9. The Bertz CT molecular complexity index is 743. The van der Waals surface area contributed by atoms with E-state index >= 15 is 0 Å². The van der Waals surface area contributed by atoms with Gasteiger partial charge in [-0.3, -0.25) is 10.1 Å². The number of nitro benzene ring substituents is 1. The van der Waals surface area contributed by atoms with E-state index in [1.54, 1.807) is 12.1 Å². The van der Waals surface area contributed by atoms with E-state index in [0.717, 1.165) is 0 Å². The van der Waals surface area contributed by atoms with Crippen LogP contribution in [0.3, 0.4) is 0 Å². The Balaban J connectivity index is 2.17. The van der Waals surface area contributed by atoms with Crippen LogP contribution in [-0.4, -0.2) is 4.92 Å². The summed E-state index contributed by atoms with van der Waals surface area (Å²) < 4.78 is 14.1. The van der Waals surface area contributed by atoms with Gasteiger partial charge in [0.25, 0.3) is 5.69 Å². The number of nitrogens with zero attached hydrogens (tertiary/aromatic N) is 2. The zero-order valence-electron chi connectivity index (χ0n) is 10.6. The molecule has 2 aromatic rings. The van der Waals surface area contributed by atoms with Gasteiger partial charge in [0.15, 0.2) is 5.82 Å². The van der Waals surface area contributed by atoms with Gasteiger partial charge in [-0.25, -0.2) is 4.39 Å². The molecule has 0 unspecified atom stereocenters. The number of nitriles is 1. The molecule has 0 radical (unpaired) electrons. The minimum Gasteiger partial charge on any atom is -0.379 e. The highest BCUT2D eigenvalue weighted by Crippen LogP contribution is 2.27. The standard InChI is InChI=1S/C14H9BrFN3O2/c15-13-10(7-17)4-5-12(14(13)16)18-8-9-2-1-3-11(6-9)19(20)21/h1-6,18H,8H2. The van der Waals surface area contributed by atoms with Crippen LogP contribution in [0.25, 0.3) is 0 Å². The molecule has 7 heteroatoms. The first-order valence-corrected chi connectivity index (χ1v) is 6.67. The number of nitro groups is 1. The molecule has 0 aliphatic heterocycles. The molecule has 0 amide bonds. The first kappa shape index (κ1) is 14.9. The topological polar surface area (TPSA) is 79.0 Å². The van der Waals surface area contributed by atoms with Crippen LogP contribution in [0.1, 0.15) is 11.1 Å². The molecule has 0 fully saturated rings. The van der Waals surface area contributed by atoms with Crippen LogP contribution in [-0.2, 0) is 6.54 Å². The van der Waals surface area contributed by atoms with Crippen LogP contribution in [0.4, 0.5) is 15.8 Å². The van der Waals surface area contributed by atoms with Gasteiger partial charge in [0.05, 0.1) is 20.6 Å². The van der Waals surface area contributed by atoms with Crippen LogP contribution in [0, 0.1) is 27.3 Å². The Morgan fingerprint density at radius 3 is 2.81 bits per heavy atom. The maximum absolute atomic E-state index is 14.0. The van der Waals surface area contributed by atoms with Gasteiger partial charge in [0, 0.05) is 18.7 Å². The summed E-state index contributed by atoms with van der Waals surface area (Å²) in [7, 11) is 0. The Morgan fingerprint density at radius 1 is 1.38 bits per heavy atom. The number of anilines is 1. The fourth-order valence-electron chi connectivity index (χ4n) is 1.75. The summed E-state index contributed by atoms with van der Waals surface area (Å²) in [5, 5.41) is 22.3. The second-order valence-electron chi connectivity index (χ2n) is 4.18. The van der Waals surface area contributed by atoms with E-state index in [1.807, 2.05) is 6.07 Å². The summed E-state index contributed by atoms with van der Waals surface area (Å²) in [6.07, 6.45) is 0. The van der Waals surface area contributed by atoms with Crippen molar-refractivity contribution < 1.29 is 9.31 Å². The second kappa shape index (κ2) is 6.33. The summed E-state index contributed by atoms with van der Waals surface area (Å²) in [5.41, 5.74) is 1.06. The summed E-state index contributed by atoms with van der Waals surface area (Å²) in [6, 6.07) is 10.9. The largest absolute Gasteiger partial charge is 0.379 e. The average Bonchev–Trinajstić information content (AvgIpc) is 2.49. The van der Waals surface area contributed by atoms with Gasteiger partial charge in [0.2, 0.25) is 0 Å². The fourth-order valence-corrected chi connectivity index (χ4v) is 2.18. The molecule has 0 aliphatic rings. The molecular formula is C14H9BrFN3O2. The van der Waals surface area contributed by atoms with Crippen molar-refractivity contribution in [1.82, 2.24) is 0 Å². The Labute approximate surface area is 128 Å². The lowest BCUT2D eigenvalue weighted by atomic mass is 10.2. The molecule has 0 spiro atoms. The van der Waals surface area contributed by atoms with E-state index in [4.69, 9.17) is 5.26 Å². The molecule has 0 aliphatic carbocycles. The smallest absolute Gasteiger partial charge is 0.269 e. The number of nitrogens with one attached hydrogen (secondary N) is 1. The van der Waals surface area contributed by atoms with E-state index in [1.165, 1.54) is 24.3 Å². The van der Waals surface area contributed by atoms with Gasteiger partial charge in [-0.15, -0.1) is 0 Å². The van der Waals surface area contributed by atoms with Crippen molar-refractivity contribution in [3.8, 4) is 6.07 Å². The Morgan fingerprint density at radius 2 is 2.14 bits per heavy atom. The van der Waals surface area contributed by atoms with Crippen molar-refractivity contribution in [2.45, 2.75) is 6.54 Å². The molecule has 2 aromatic carbocycles. The van der Waals surface area contributed by atoms with Crippen molar-refractivity contribution in [1.29, 1.82) is 5.26 Å². The number of hydrogen-bond donors (Lipinski definition) is 1. The summed E-state index contributed by atoms with van der Waals surface area (Å²) >= 11 is 3.02.